The first-order chi connectivity index (χ1) is 10.8. The van der Waals surface area contributed by atoms with Crippen LogP contribution in [0.3, 0.4) is 0 Å². The van der Waals surface area contributed by atoms with Crippen LogP contribution in [-0.4, -0.2) is 21.8 Å². The highest BCUT2D eigenvalue weighted by atomic mass is 32.2. The van der Waals surface area contributed by atoms with Gasteiger partial charge in [-0.05, 0) is 30.3 Å². The minimum Gasteiger partial charge on any atom is -0.755 e. The molecule has 1 unspecified atom stereocenters. The molecule has 0 heterocycles. The first-order valence-corrected chi connectivity index (χ1v) is 7.20. The molecule has 2 aromatic rings. The van der Waals surface area contributed by atoms with Gasteiger partial charge >= 0.3 is 5.97 Å². The van der Waals surface area contributed by atoms with Gasteiger partial charge < -0.3 is 15.0 Å². The number of anilines is 3. The molecule has 122 valence electrons. The molecule has 6 nitrogen and oxygen atoms in total. The molecular weight excluding hydrogens is 330 g/mol. The minimum absolute atomic E-state index is 0.0525. The van der Waals surface area contributed by atoms with Crippen LogP contribution < -0.4 is 10.0 Å². The molecule has 0 aromatic heterocycles. The number of carbonyl (C=O) groups is 1. The van der Waals surface area contributed by atoms with Gasteiger partial charge in [0.25, 0.3) is 0 Å². The molecule has 0 bridgehead atoms. The molecule has 0 saturated heterocycles. The predicted molar refractivity (Wildman–Crippen MR) is 79.6 cm³/mol. The van der Waals surface area contributed by atoms with Crippen LogP contribution in [0, 0.1) is 11.6 Å². The Balaban J connectivity index is 2.56. The van der Waals surface area contributed by atoms with Gasteiger partial charge in [-0.3, -0.25) is 8.51 Å². The molecule has 0 saturated carbocycles. The first-order valence-electron chi connectivity index (χ1n) is 6.17. The van der Waals surface area contributed by atoms with Crippen molar-refractivity contribution in [2.75, 3.05) is 17.1 Å². The molecule has 0 spiro atoms. The summed E-state index contributed by atoms with van der Waals surface area (Å²) in [4.78, 5) is 11.3. The standard InChI is InChI=1S/C14H12F2N2O4S/c1-22-14(19)10-6-12(16)13(7-11(10)15)18(23(20)21)9-4-2-8(17)3-5-9/h2-7H,17H2,1H3,(H,20,21)/p-1. The number of benzene rings is 2. The number of rotatable bonds is 4. The van der Waals surface area contributed by atoms with Crippen LogP contribution in [0.25, 0.3) is 0 Å². The Morgan fingerprint density at radius 3 is 2.35 bits per heavy atom. The van der Waals surface area contributed by atoms with Crippen molar-refractivity contribution in [3.8, 4) is 0 Å². The smallest absolute Gasteiger partial charge is 0.340 e. The lowest BCUT2D eigenvalue weighted by atomic mass is 10.1. The van der Waals surface area contributed by atoms with Crippen LogP contribution in [0.1, 0.15) is 10.4 Å². The molecule has 0 aliphatic heterocycles. The number of ether oxygens (including phenoxy) is 1. The molecule has 0 fully saturated rings. The number of nitrogen functional groups attached to an aromatic ring is 1. The van der Waals surface area contributed by atoms with Crippen molar-refractivity contribution in [1.29, 1.82) is 0 Å². The Hall–Kier alpha value is -2.52. The molecule has 23 heavy (non-hydrogen) atoms. The van der Waals surface area contributed by atoms with Gasteiger partial charge in [-0.25, -0.2) is 13.6 Å². The van der Waals surface area contributed by atoms with Crippen molar-refractivity contribution >= 4 is 34.3 Å². The summed E-state index contributed by atoms with van der Waals surface area (Å²) in [5.41, 5.74) is 4.72. The van der Waals surface area contributed by atoms with Crippen LogP contribution in [0.15, 0.2) is 36.4 Å². The Kier molecular flexibility index (Phi) is 4.92. The highest BCUT2D eigenvalue weighted by Gasteiger charge is 2.21. The number of carbonyl (C=O) groups excluding carboxylic acids is 1. The van der Waals surface area contributed by atoms with Gasteiger partial charge in [0.2, 0.25) is 0 Å². The lowest BCUT2D eigenvalue weighted by molar-refractivity contribution is 0.0595. The number of nitrogens with two attached hydrogens (primary N) is 1. The van der Waals surface area contributed by atoms with Crippen LogP contribution in [0.4, 0.5) is 25.8 Å². The zero-order valence-corrected chi connectivity index (χ0v) is 12.6. The Morgan fingerprint density at radius 1 is 1.22 bits per heavy atom. The highest BCUT2D eigenvalue weighted by molar-refractivity contribution is 7.81. The molecule has 0 aliphatic carbocycles. The third kappa shape index (κ3) is 3.46. The zero-order chi connectivity index (χ0) is 17.1. The lowest BCUT2D eigenvalue weighted by Gasteiger charge is -2.27. The second-order valence-electron chi connectivity index (χ2n) is 4.38. The maximum atomic E-state index is 14.2. The lowest BCUT2D eigenvalue weighted by Crippen LogP contribution is -2.21. The zero-order valence-electron chi connectivity index (χ0n) is 11.8. The van der Waals surface area contributed by atoms with Crippen molar-refractivity contribution in [3.05, 3.63) is 53.6 Å². The average Bonchev–Trinajstić information content (AvgIpc) is 2.51. The summed E-state index contributed by atoms with van der Waals surface area (Å²) >= 11 is -2.93. The number of hydrogen-bond donors (Lipinski definition) is 1. The second-order valence-corrected chi connectivity index (χ2v) is 5.18. The van der Waals surface area contributed by atoms with Gasteiger partial charge in [-0.1, -0.05) is 0 Å². The van der Waals surface area contributed by atoms with Crippen LogP contribution >= 0.6 is 0 Å². The van der Waals surface area contributed by atoms with E-state index in [2.05, 4.69) is 4.74 Å². The number of halogens is 2. The fourth-order valence-electron chi connectivity index (χ4n) is 1.87. The van der Waals surface area contributed by atoms with Gasteiger partial charge in [-0.15, -0.1) is 0 Å². The molecule has 9 heteroatoms. The topological polar surface area (TPSA) is 95.7 Å². The average molecular weight is 341 g/mol. The van der Waals surface area contributed by atoms with E-state index in [1.165, 1.54) is 24.3 Å². The van der Waals surface area contributed by atoms with E-state index in [1.807, 2.05) is 0 Å². The van der Waals surface area contributed by atoms with E-state index < -0.39 is 40.1 Å². The number of methoxy groups -OCH3 is 1. The third-order valence-corrected chi connectivity index (χ3v) is 3.64. The Morgan fingerprint density at radius 2 is 1.83 bits per heavy atom. The largest absolute Gasteiger partial charge is 0.755 e. The SMILES string of the molecule is COC(=O)c1cc(F)c(N(c2ccc(N)cc2)S(=O)[O-])cc1F. The Labute approximate surface area is 132 Å². The van der Waals surface area contributed by atoms with Crippen molar-refractivity contribution in [2.24, 2.45) is 0 Å². The van der Waals surface area contributed by atoms with Crippen LogP contribution in [-0.2, 0) is 16.0 Å². The number of esters is 1. The molecular formula is C14H11F2N2O4S-. The van der Waals surface area contributed by atoms with Crippen molar-refractivity contribution in [2.45, 2.75) is 0 Å². The second kappa shape index (κ2) is 6.71. The summed E-state index contributed by atoms with van der Waals surface area (Å²) in [6.07, 6.45) is 0. The first kappa shape index (κ1) is 16.8. The summed E-state index contributed by atoms with van der Waals surface area (Å²) < 4.78 is 55.9. The van der Waals surface area contributed by atoms with E-state index >= 15 is 0 Å². The minimum atomic E-state index is -2.93. The molecule has 2 rings (SSSR count). The fourth-order valence-corrected chi connectivity index (χ4v) is 2.47. The molecule has 0 aliphatic rings. The molecule has 0 radical (unpaired) electrons. The maximum Gasteiger partial charge on any atom is 0.340 e. The van der Waals surface area contributed by atoms with E-state index in [4.69, 9.17) is 5.73 Å². The fraction of sp³-hybridized carbons (Fsp3) is 0.0714. The summed E-state index contributed by atoms with van der Waals surface area (Å²) in [5, 5.41) is 0. The van der Waals surface area contributed by atoms with Crippen molar-refractivity contribution in [1.82, 2.24) is 0 Å². The predicted octanol–water partition coefficient (Wildman–Crippen LogP) is 2.27. The van der Waals surface area contributed by atoms with Gasteiger partial charge in [0.15, 0.2) is 0 Å². The summed E-state index contributed by atoms with van der Waals surface area (Å²) in [6, 6.07) is 6.66. The number of nitrogens with zero attached hydrogens (tertiary/aromatic N) is 1. The maximum absolute atomic E-state index is 14.2. The van der Waals surface area contributed by atoms with E-state index in [1.54, 1.807) is 0 Å². The van der Waals surface area contributed by atoms with Gasteiger partial charge in [0.05, 0.1) is 35.3 Å². The molecule has 2 aromatic carbocycles. The summed E-state index contributed by atoms with van der Waals surface area (Å²) in [6.45, 7) is 0. The summed E-state index contributed by atoms with van der Waals surface area (Å²) in [5.74, 6) is -3.29. The van der Waals surface area contributed by atoms with E-state index in [-0.39, 0.29) is 5.69 Å². The summed E-state index contributed by atoms with van der Waals surface area (Å²) in [7, 11) is 1.01. The quantitative estimate of drug-likeness (QED) is 0.523. The molecule has 1 atom stereocenters. The highest BCUT2D eigenvalue weighted by Crippen LogP contribution is 2.31. The Bertz CT molecular complexity index is 768. The molecule has 0 amide bonds. The van der Waals surface area contributed by atoms with Crippen molar-refractivity contribution < 1.29 is 27.1 Å². The normalized spacial score (nSPS) is 11.8. The van der Waals surface area contributed by atoms with Gasteiger partial charge in [-0.2, -0.15) is 0 Å². The van der Waals surface area contributed by atoms with Crippen LogP contribution in [0.2, 0.25) is 0 Å². The van der Waals surface area contributed by atoms with E-state index in [9.17, 15) is 22.3 Å². The van der Waals surface area contributed by atoms with Crippen molar-refractivity contribution in [3.63, 3.8) is 0 Å². The third-order valence-electron chi connectivity index (χ3n) is 2.94. The monoisotopic (exact) mass is 341 g/mol. The van der Waals surface area contributed by atoms with E-state index in [0.29, 0.717) is 22.1 Å². The van der Waals surface area contributed by atoms with Gasteiger partial charge in [0.1, 0.15) is 11.6 Å². The van der Waals surface area contributed by atoms with Gasteiger partial charge in [0, 0.05) is 11.8 Å². The van der Waals surface area contributed by atoms with Crippen LogP contribution in [0.5, 0.6) is 0 Å². The molecule has 2 N–H and O–H groups in total. The van der Waals surface area contributed by atoms with E-state index in [0.717, 1.165) is 7.11 Å². The number of hydrogen-bond acceptors (Lipinski definition) is 5.